The van der Waals surface area contributed by atoms with Gasteiger partial charge in [-0.05, 0) is 31.2 Å². The number of nitrogens with one attached hydrogen (secondary N) is 2. The summed E-state index contributed by atoms with van der Waals surface area (Å²) in [5.74, 6) is -1.95. The maximum atomic E-state index is 12.5. The molecule has 1 unspecified atom stereocenters. The van der Waals surface area contributed by atoms with Crippen molar-refractivity contribution in [1.82, 2.24) is 15.0 Å². The number of hydrazine groups is 1. The SMILES string of the molecule is CCN(N)C(=O)c1ccc(C(=O)NCC(NS(=O)(=O)c2ccccc2)C(=O)OC(=O)C(F)(F)F)o1. The summed E-state index contributed by atoms with van der Waals surface area (Å²) in [4.78, 5) is 47.1. The van der Waals surface area contributed by atoms with Gasteiger partial charge < -0.3 is 14.5 Å². The van der Waals surface area contributed by atoms with E-state index in [1.54, 1.807) is 11.6 Å². The van der Waals surface area contributed by atoms with E-state index in [9.17, 15) is 40.8 Å². The van der Waals surface area contributed by atoms with Gasteiger partial charge in [0.15, 0.2) is 11.5 Å². The van der Waals surface area contributed by atoms with E-state index in [1.807, 2.05) is 0 Å². The molecule has 0 saturated heterocycles. The number of benzene rings is 1. The zero-order valence-electron chi connectivity index (χ0n) is 17.9. The van der Waals surface area contributed by atoms with E-state index in [-0.39, 0.29) is 17.2 Å². The van der Waals surface area contributed by atoms with Crippen molar-refractivity contribution in [3.05, 3.63) is 54.0 Å². The van der Waals surface area contributed by atoms with Crippen LogP contribution in [0.1, 0.15) is 28.0 Å². The molecular weight excluding hydrogens is 501 g/mol. The van der Waals surface area contributed by atoms with Gasteiger partial charge in [0.2, 0.25) is 10.0 Å². The zero-order valence-corrected chi connectivity index (χ0v) is 18.7. The highest BCUT2D eigenvalue weighted by atomic mass is 32.2. The van der Waals surface area contributed by atoms with E-state index in [0.717, 1.165) is 29.3 Å². The molecule has 35 heavy (non-hydrogen) atoms. The molecule has 2 amide bonds. The second-order valence-corrected chi connectivity index (χ2v) is 8.37. The van der Waals surface area contributed by atoms with Crippen molar-refractivity contribution in [2.75, 3.05) is 13.1 Å². The van der Waals surface area contributed by atoms with Crippen LogP contribution in [0.4, 0.5) is 13.2 Å². The molecule has 0 spiro atoms. The molecule has 0 bridgehead atoms. The van der Waals surface area contributed by atoms with Crippen molar-refractivity contribution in [3.8, 4) is 0 Å². The zero-order chi connectivity index (χ0) is 26.4. The fourth-order valence-electron chi connectivity index (χ4n) is 2.39. The van der Waals surface area contributed by atoms with E-state index in [4.69, 9.17) is 10.3 Å². The number of hydrogen-bond acceptors (Lipinski definition) is 9. The Bertz CT molecular complexity index is 1200. The number of esters is 2. The van der Waals surface area contributed by atoms with Gasteiger partial charge in [0.25, 0.3) is 5.91 Å². The monoisotopic (exact) mass is 520 g/mol. The predicted octanol–water partition coefficient (Wildman–Crippen LogP) is 0.324. The lowest BCUT2D eigenvalue weighted by molar-refractivity contribution is -0.202. The van der Waals surface area contributed by atoms with Crippen LogP contribution in [0.5, 0.6) is 0 Å². The van der Waals surface area contributed by atoms with Crippen LogP contribution in [-0.2, 0) is 24.3 Å². The van der Waals surface area contributed by atoms with Gasteiger partial charge in [-0.2, -0.15) is 17.9 Å². The number of ether oxygens (including phenoxy) is 1. The van der Waals surface area contributed by atoms with Crippen molar-refractivity contribution >= 4 is 33.8 Å². The predicted molar refractivity (Wildman–Crippen MR) is 110 cm³/mol. The number of rotatable bonds is 9. The third-order valence-corrected chi connectivity index (χ3v) is 5.66. The Labute approximate surface area is 196 Å². The number of nitrogens with two attached hydrogens (primary N) is 1. The lowest BCUT2D eigenvalue weighted by Crippen LogP contribution is -2.50. The Morgan fingerprint density at radius 2 is 1.69 bits per heavy atom. The minimum Gasteiger partial charge on any atom is -0.446 e. The molecule has 12 nitrogen and oxygen atoms in total. The summed E-state index contributed by atoms with van der Waals surface area (Å²) in [5.41, 5.74) is 0. The molecule has 190 valence electrons. The number of nitrogens with zero attached hydrogens (tertiary/aromatic N) is 1. The summed E-state index contributed by atoms with van der Waals surface area (Å²) in [7, 11) is -4.49. The van der Waals surface area contributed by atoms with Crippen LogP contribution in [0.15, 0.2) is 51.8 Å². The van der Waals surface area contributed by atoms with Crippen LogP contribution in [0.25, 0.3) is 0 Å². The third-order valence-electron chi connectivity index (χ3n) is 4.17. The van der Waals surface area contributed by atoms with Crippen LogP contribution in [0.2, 0.25) is 0 Å². The summed E-state index contributed by atoms with van der Waals surface area (Å²) in [6, 6.07) is 6.47. The Hall–Kier alpha value is -3.76. The summed E-state index contributed by atoms with van der Waals surface area (Å²) < 4.78 is 73.0. The van der Waals surface area contributed by atoms with Gasteiger partial charge in [-0.3, -0.25) is 14.6 Å². The summed E-state index contributed by atoms with van der Waals surface area (Å²) in [6.45, 7) is 0.758. The van der Waals surface area contributed by atoms with E-state index in [2.05, 4.69) is 10.1 Å². The van der Waals surface area contributed by atoms with Gasteiger partial charge in [0, 0.05) is 13.1 Å². The molecule has 1 aromatic carbocycles. The summed E-state index contributed by atoms with van der Waals surface area (Å²) >= 11 is 0. The second kappa shape index (κ2) is 11.1. The standard InChI is InChI=1S/C19H19F3N4O8S/c1-2-26(23)16(28)14-9-8-13(33-14)15(27)24-10-12(17(29)34-18(30)19(20,21)22)25-35(31,32)11-6-4-3-5-7-11/h3-9,12,25H,2,10,23H2,1H3,(H,24,27). The summed E-state index contributed by atoms with van der Waals surface area (Å²) in [6.07, 6.45) is -5.53. The number of sulfonamides is 1. The molecule has 0 aliphatic rings. The second-order valence-electron chi connectivity index (χ2n) is 6.66. The van der Waals surface area contributed by atoms with E-state index in [0.29, 0.717) is 0 Å². The average molecular weight is 520 g/mol. The fraction of sp³-hybridized carbons (Fsp3) is 0.263. The number of halogens is 3. The highest BCUT2D eigenvalue weighted by Gasteiger charge is 2.44. The molecule has 0 fully saturated rings. The maximum Gasteiger partial charge on any atom is 0.491 e. The lowest BCUT2D eigenvalue weighted by Gasteiger charge is -2.18. The van der Waals surface area contributed by atoms with Crippen molar-refractivity contribution in [2.24, 2.45) is 5.84 Å². The first-order valence-corrected chi connectivity index (χ1v) is 11.1. The van der Waals surface area contributed by atoms with Crippen LogP contribution in [-0.4, -0.2) is 62.5 Å². The molecule has 16 heteroatoms. The summed E-state index contributed by atoms with van der Waals surface area (Å²) in [5, 5.41) is 2.85. The number of furan rings is 1. The molecule has 2 rings (SSSR count). The van der Waals surface area contributed by atoms with Gasteiger partial charge in [-0.1, -0.05) is 18.2 Å². The number of amides is 2. The number of carbonyl (C=O) groups is 4. The van der Waals surface area contributed by atoms with E-state index in [1.165, 1.54) is 18.2 Å². The highest BCUT2D eigenvalue weighted by molar-refractivity contribution is 7.89. The number of alkyl halides is 3. The van der Waals surface area contributed by atoms with Crippen molar-refractivity contribution in [1.29, 1.82) is 0 Å². The Balaban J connectivity index is 2.20. The van der Waals surface area contributed by atoms with Gasteiger partial charge >= 0.3 is 24.0 Å². The first-order valence-electron chi connectivity index (χ1n) is 9.61. The molecule has 2 aromatic rings. The molecule has 1 aromatic heterocycles. The van der Waals surface area contributed by atoms with Crippen LogP contribution in [0, 0.1) is 0 Å². The molecular formula is C19H19F3N4O8S. The van der Waals surface area contributed by atoms with Gasteiger partial charge in [-0.25, -0.2) is 23.8 Å². The first-order chi connectivity index (χ1) is 16.3. The third kappa shape index (κ3) is 7.36. The molecule has 1 atom stereocenters. The topological polar surface area (TPSA) is 178 Å². The van der Waals surface area contributed by atoms with Crippen LogP contribution in [0.3, 0.4) is 0 Å². The van der Waals surface area contributed by atoms with Crippen LogP contribution < -0.4 is 15.9 Å². The van der Waals surface area contributed by atoms with Gasteiger partial charge in [0.05, 0.1) is 4.90 Å². The normalized spacial score (nSPS) is 12.5. The lowest BCUT2D eigenvalue weighted by atomic mass is 10.3. The number of carbonyl (C=O) groups excluding carboxylic acids is 4. The highest BCUT2D eigenvalue weighted by Crippen LogP contribution is 2.17. The molecule has 4 N–H and O–H groups in total. The Kier molecular flexibility index (Phi) is 8.72. The molecule has 0 aliphatic heterocycles. The quantitative estimate of drug-likeness (QED) is 0.138. The molecule has 0 saturated carbocycles. The largest absolute Gasteiger partial charge is 0.491 e. The van der Waals surface area contributed by atoms with Crippen molar-refractivity contribution in [3.63, 3.8) is 0 Å². The minimum absolute atomic E-state index is 0.128. The minimum atomic E-state index is -5.53. The fourth-order valence-corrected chi connectivity index (χ4v) is 3.60. The van der Waals surface area contributed by atoms with Gasteiger partial charge in [-0.15, -0.1) is 0 Å². The molecule has 1 heterocycles. The van der Waals surface area contributed by atoms with Gasteiger partial charge in [0.1, 0.15) is 6.04 Å². The number of hydrogen-bond donors (Lipinski definition) is 3. The van der Waals surface area contributed by atoms with E-state index < -0.39 is 58.3 Å². The van der Waals surface area contributed by atoms with E-state index >= 15 is 0 Å². The molecule has 0 radical (unpaired) electrons. The Morgan fingerprint density at radius 3 is 2.26 bits per heavy atom. The smallest absolute Gasteiger partial charge is 0.446 e. The van der Waals surface area contributed by atoms with Crippen molar-refractivity contribution < 1.29 is 49.9 Å². The Morgan fingerprint density at radius 1 is 1.09 bits per heavy atom. The molecule has 0 aliphatic carbocycles. The first kappa shape index (κ1) is 27.5. The van der Waals surface area contributed by atoms with Crippen LogP contribution >= 0.6 is 0 Å². The van der Waals surface area contributed by atoms with Crippen molar-refractivity contribution in [2.45, 2.75) is 24.0 Å². The maximum absolute atomic E-state index is 12.5. The average Bonchev–Trinajstić information content (AvgIpc) is 3.30.